The van der Waals surface area contributed by atoms with E-state index in [0.717, 1.165) is 31.2 Å². The lowest BCUT2D eigenvalue weighted by Gasteiger charge is -2.20. The van der Waals surface area contributed by atoms with E-state index in [1.54, 1.807) is 0 Å². The predicted octanol–water partition coefficient (Wildman–Crippen LogP) is 3.42. The van der Waals surface area contributed by atoms with Crippen molar-refractivity contribution in [3.05, 3.63) is 29.8 Å². The van der Waals surface area contributed by atoms with Crippen LogP contribution < -0.4 is 10.1 Å². The lowest BCUT2D eigenvalue weighted by molar-refractivity contribution is 0.324. The summed E-state index contributed by atoms with van der Waals surface area (Å²) in [5.41, 5.74) is 1.33. The lowest BCUT2D eigenvalue weighted by atomic mass is 10.1. The van der Waals surface area contributed by atoms with Crippen LogP contribution in [0, 0.1) is 0 Å². The second-order valence-corrected chi connectivity index (χ2v) is 6.09. The molecule has 3 nitrogen and oxygen atoms in total. The molecular weight excluding hydrogens is 280 g/mol. The summed E-state index contributed by atoms with van der Waals surface area (Å²) in [6.07, 6.45) is 0. The average molecular weight is 311 g/mol. The van der Waals surface area contributed by atoms with Crippen LogP contribution in [0.4, 0.5) is 0 Å². The quantitative estimate of drug-likeness (QED) is 0.633. The number of benzene rings is 1. The fourth-order valence-corrected chi connectivity index (χ4v) is 3.39. The number of nitrogens with one attached hydrogen (secondary N) is 1. The minimum Gasteiger partial charge on any atom is -0.494 e. The Hall–Kier alpha value is -0.710. The van der Waals surface area contributed by atoms with Crippen molar-refractivity contribution in [3.63, 3.8) is 0 Å². The molecule has 1 aromatic rings. The zero-order chi connectivity index (χ0) is 15.5. The van der Waals surface area contributed by atoms with E-state index < -0.39 is 0 Å². The summed E-state index contributed by atoms with van der Waals surface area (Å²) in [6, 6.07) is 8.85. The van der Waals surface area contributed by atoms with Gasteiger partial charge in [0.05, 0.1) is 6.61 Å². The summed E-state index contributed by atoms with van der Waals surface area (Å²) in [7, 11) is 2.03. The number of thioether (sulfide) groups is 1. The first-order valence-corrected chi connectivity index (χ1v) is 9.10. The Morgan fingerprint density at radius 2 is 1.81 bits per heavy atom. The summed E-state index contributed by atoms with van der Waals surface area (Å²) in [5.74, 6) is 3.24. The summed E-state index contributed by atoms with van der Waals surface area (Å²) >= 11 is 2.02. The largest absolute Gasteiger partial charge is 0.494 e. The second kappa shape index (κ2) is 10.9. The van der Waals surface area contributed by atoms with Gasteiger partial charge in [0, 0.05) is 24.1 Å². The molecular formula is C17H30N2OS. The number of hydrogen-bond donors (Lipinski definition) is 1. The fraction of sp³-hybridized carbons (Fsp3) is 0.647. The van der Waals surface area contributed by atoms with Gasteiger partial charge < -0.3 is 15.0 Å². The highest BCUT2D eigenvalue weighted by Gasteiger charge is 2.09. The Labute approximate surface area is 134 Å². The first-order valence-electron chi connectivity index (χ1n) is 7.95. The fourth-order valence-electron chi connectivity index (χ4n) is 2.24. The van der Waals surface area contributed by atoms with Gasteiger partial charge in [0.15, 0.2) is 0 Å². The van der Waals surface area contributed by atoms with Gasteiger partial charge in [0.1, 0.15) is 5.75 Å². The van der Waals surface area contributed by atoms with Crippen molar-refractivity contribution < 1.29 is 4.74 Å². The maximum Gasteiger partial charge on any atom is 0.119 e. The molecule has 0 fully saturated rings. The second-order valence-electron chi connectivity index (χ2n) is 4.95. The Morgan fingerprint density at radius 3 is 2.33 bits per heavy atom. The van der Waals surface area contributed by atoms with Crippen molar-refractivity contribution in [2.45, 2.75) is 26.8 Å². The van der Waals surface area contributed by atoms with E-state index in [0.29, 0.717) is 6.04 Å². The molecule has 0 aromatic heterocycles. The molecule has 0 aliphatic carbocycles. The highest BCUT2D eigenvalue weighted by molar-refractivity contribution is 7.99. The normalized spacial score (nSPS) is 12.6. The van der Waals surface area contributed by atoms with Crippen molar-refractivity contribution in [2.75, 3.05) is 44.8 Å². The van der Waals surface area contributed by atoms with E-state index in [2.05, 4.69) is 48.3 Å². The summed E-state index contributed by atoms with van der Waals surface area (Å²) in [5, 5.41) is 3.41. The van der Waals surface area contributed by atoms with Crippen LogP contribution >= 0.6 is 11.8 Å². The van der Waals surface area contributed by atoms with Gasteiger partial charge in [-0.25, -0.2) is 0 Å². The zero-order valence-corrected chi connectivity index (χ0v) is 14.7. The number of nitrogens with zero attached hydrogens (tertiary/aromatic N) is 1. The van der Waals surface area contributed by atoms with E-state index in [1.807, 2.05) is 25.7 Å². The van der Waals surface area contributed by atoms with Crippen LogP contribution in [0.25, 0.3) is 0 Å². The molecule has 0 aliphatic rings. The molecule has 1 aromatic carbocycles. The van der Waals surface area contributed by atoms with Crippen LogP contribution in [0.15, 0.2) is 24.3 Å². The van der Waals surface area contributed by atoms with Gasteiger partial charge in [-0.15, -0.1) is 0 Å². The van der Waals surface area contributed by atoms with E-state index in [-0.39, 0.29) is 0 Å². The monoisotopic (exact) mass is 310 g/mol. The van der Waals surface area contributed by atoms with Crippen molar-refractivity contribution >= 4 is 11.8 Å². The molecule has 1 unspecified atom stereocenters. The predicted molar refractivity (Wildman–Crippen MR) is 94.5 cm³/mol. The molecule has 0 spiro atoms. The topological polar surface area (TPSA) is 24.5 Å². The molecule has 1 N–H and O–H groups in total. The van der Waals surface area contributed by atoms with E-state index in [1.165, 1.54) is 17.9 Å². The third kappa shape index (κ3) is 6.72. The zero-order valence-electron chi connectivity index (χ0n) is 13.9. The molecule has 0 saturated heterocycles. The Balaban J connectivity index is 2.40. The first-order chi connectivity index (χ1) is 10.2. The van der Waals surface area contributed by atoms with Crippen LogP contribution in [-0.2, 0) is 0 Å². The van der Waals surface area contributed by atoms with E-state index in [4.69, 9.17) is 4.74 Å². The molecule has 0 radical (unpaired) electrons. The Bertz CT molecular complexity index is 366. The number of rotatable bonds is 11. The Morgan fingerprint density at radius 1 is 1.14 bits per heavy atom. The van der Waals surface area contributed by atoms with Gasteiger partial charge in [-0.1, -0.05) is 26.0 Å². The number of hydrogen-bond acceptors (Lipinski definition) is 4. The van der Waals surface area contributed by atoms with E-state index in [9.17, 15) is 0 Å². The first kappa shape index (κ1) is 18.3. The molecule has 0 aliphatic heterocycles. The highest BCUT2D eigenvalue weighted by Crippen LogP contribution is 2.21. The van der Waals surface area contributed by atoms with Crippen LogP contribution in [0.3, 0.4) is 0 Å². The summed E-state index contributed by atoms with van der Waals surface area (Å²) in [4.78, 5) is 2.47. The van der Waals surface area contributed by atoms with Crippen LogP contribution in [0.2, 0.25) is 0 Å². The van der Waals surface area contributed by atoms with Gasteiger partial charge in [-0.3, -0.25) is 0 Å². The molecule has 0 bridgehead atoms. The van der Waals surface area contributed by atoms with Gasteiger partial charge in [-0.05, 0) is 44.8 Å². The minimum absolute atomic E-state index is 0.405. The van der Waals surface area contributed by atoms with Crippen LogP contribution in [-0.4, -0.2) is 49.7 Å². The van der Waals surface area contributed by atoms with Gasteiger partial charge in [0.25, 0.3) is 0 Å². The summed E-state index contributed by atoms with van der Waals surface area (Å²) in [6.45, 7) is 10.6. The van der Waals surface area contributed by atoms with Gasteiger partial charge in [-0.2, -0.15) is 11.8 Å². The molecule has 1 atom stereocenters. The lowest BCUT2D eigenvalue weighted by Crippen LogP contribution is -2.26. The van der Waals surface area contributed by atoms with Crippen LogP contribution in [0.5, 0.6) is 5.75 Å². The van der Waals surface area contributed by atoms with Gasteiger partial charge in [0.2, 0.25) is 0 Å². The maximum atomic E-state index is 5.49. The molecule has 0 heterocycles. The molecule has 0 saturated carbocycles. The highest BCUT2D eigenvalue weighted by atomic mass is 32.2. The maximum absolute atomic E-state index is 5.49. The molecule has 1 rings (SSSR count). The van der Waals surface area contributed by atoms with Crippen molar-refractivity contribution in [1.82, 2.24) is 10.2 Å². The third-order valence-electron chi connectivity index (χ3n) is 3.67. The van der Waals surface area contributed by atoms with Crippen molar-refractivity contribution in [2.24, 2.45) is 0 Å². The van der Waals surface area contributed by atoms with Gasteiger partial charge >= 0.3 is 0 Å². The smallest absolute Gasteiger partial charge is 0.119 e. The third-order valence-corrected chi connectivity index (χ3v) is 4.71. The SMILES string of the molecule is CCOc1ccc(C(CSCCN(CC)CC)NC)cc1. The molecule has 120 valence electrons. The number of ether oxygens (including phenoxy) is 1. The Kier molecular flexibility index (Phi) is 9.55. The standard InChI is InChI=1S/C17H30N2OS/c1-5-19(6-2)12-13-21-14-17(18-4)15-8-10-16(11-9-15)20-7-3/h8-11,17-18H,5-7,12-14H2,1-4H3. The molecule has 21 heavy (non-hydrogen) atoms. The molecule has 4 heteroatoms. The molecule has 0 amide bonds. The van der Waals surface area contributed by atoms with Crippen molar-refractivity contribution in [3.8, 4) is 5.75 Å². The average Bonchev–Trinajstić information content (AvgIpc) is 2.52. The minimum atomic E-state index is 0.405. The van der Waals surface area contributed by atoms with Crippen LogP contribution in [0.1, 0.15) is 32.4 Å². The summed E-state index contributed by atoms with van der Waals surface area (Å²) < 4.78 is 5.49. The van der Waals surface area contributed by atoms with E-state index >= 15 is 0 Å². The van der Waals surface area contributed by atoms with Crippen molar-refractivity contribution in [1.29, 1.82) is 0 Å².